The fourth-order valence-electron chi connectivity index (χ4n) is 2.64. The Hall–Kier alpha value is -2.69. The summed E-state index contributed by atoms with van der Waals surface area (Å²) in [5, 5.41) is 2.95. The highest BCUT2D eigenvalue weighted by Gasteiger charge is 2.14. The minimum absolute atomic E-state index is 0.0194. The summed E-state index contributed by atoms with van der Waals surface area (Å²) in [4.78, 5) is 12.0. The first-order valence-corrected chi connectivity index (χ1v) is 8.56. The van der Waals surface area contributed by atoms with Crippen molar-refractivity contribution >= 4 is 5.91 Å². The van der Waals surface area contributed by atoms with E-state index in [0.717, 1.165) is 28.4 Å². The topological polar surface area (TPSA) is 56.8 Å². The Bertz CT molecular complexity index is 715. The molecule has 1 N–H and O–H groups in total. The van der Waals surface area contributed by atoms with Gasteiger partial charge in [-0.1, -0.05) is 18.2 Å². The van der Waals surface area contributed by atoms with E-state index in [4.69, 9.17) is 14.2 Å². The first-order chi connectivity index (χ1) is 12.2. The van der Waals surface area contributed by atoms with Crippen LogP contribution in [0, 0.1) is 6.92 Å². The van der Waals surface area contributed by atoms with E-state index in [1.54, 1.807) is 0 Å². The van der Waals surface area contributed by atoms with Gasteiger partial charge in [-0.15, -0.1) is 0 Å². The highest BCUT2D eigenvalue weighted by Crippen LogP contribution is 2.32. The smallest absolute Gasteiger partial charge is 0.220 e. The van der Waals surface area contributed by atoms with Crippen LogP contribution in [0.4, 0.5) is 0 Å². The first-order valence-electron chi connectivity index (χ1n) is 8.56. The molecule has 2 aromatic carbocycles. The van der Waals surface area contributed by atoms with E-state index in [9.17, 15) is 4.79 Å². The number of carbonyl (C=O) groups excluding carboxylic acids is 1. The molecule has 1 heterocycles. The molecule has 132 valence electrons. The quantitative estimate of drug-likeness (QED) is 0.786. The number of fused-ring (bicyclic) bond motifs is 1. The van der Waals surface area contributed by atoms with Crippen LogP contribution in [0.1, 0.15) is 24.0 Å². The number of carbonyl (C=O) groups is 1. The second kappa shape index (κ2) is 8.42. The summed E-state index contributed by atoms with van der Waals surface area (Å²) in [6.45, 7) is 4.16. The number of aryl methyl sites for hydroxylation is 1. The summed E-state index contributed by atoms with van der Waals surface area (Å²) in [7, 11) is 0. The molecule has 0 saturated carbocycles. The zero-order chi connectivity index (χ0) is 17.5. The molecule has 0 spiro atoms. The van der Waals surface area contributed by atoms with E-state index >= 15 is 0 Å². The Labute approximate surface area is 147 Å². The number of nitrogens with one attached hydrogen (secondary N) is 1. The predicted octanol–water partition coefficient (Wildman–Crippen LogP) is 3.24. The van der Waals surface area contributed by atoms with Crippen LogP contribution in [-0.4, -0.2) is 25.7 Å². The fraction of sp³-hybridized carbons (Fsp3) is 0.350. The van der Waals surface area contributed by atoms with Gasteiger partial charge in [0, 0.05) is 13.0 Å². The molecule has 5 nitrogen and oxygen atoms in total. The Balaban J connectivity index is 1.41. The van der Waals surface area contributed by atoms with Crippen LogP contribution in [0.5, 0.6) is 17.2 Å². The number of para-hydroxylation sites is 1. The molecule has 1 aliphatic rings. The van der Waals surface area contributed by atoms with Crippen LogP contribution in [-0.2, 0) is 11.3 Å². The Morgan fingerprint density at radius 3 is 2.60 bits per heavy atom. The Morgan fingerprint density at radius 2 is 1.84 bits per heavy atom. The second-order valence-corrected chi connectivity index (χ2v) is 5.96. The van der Waals surface area contributed by atoms with Gasteiger partial charge in [0.2, 0.25) is 5.91 Å². The van der Waals surface area contributed by atoms with Crippen molar-refractivity contribution in [2.75, 3.05) is 19.8 Å². The van der Waals surface area contributed by atoms with Crippen LogP contribution < -0.4 is 19.5 Å². The van der Waals surface area contributed by atoms with Gasteiger partial charge in [0.05, 0.1) is 6.61 Å². The summed E-state index contributed by atoms with van der Waals surface area (Å²) in [6, 6.07) is 13.5. The van der Waals surface area contributed by atoms with E-state index in [1.165, 1.54) is 0 Å². The van der Waals surface area contributed by atoms with E-state index < -0.39 is 0 Å². The maximum absolute atomic E-state index is 12.0. The molecular weight excluding hydrogens is 318 g/mol. The van der Waals surface area contributed by atoms with Crippen molar-refractivity contribution in [2.24, 2.45) is 0 Å². The maximum Gasteiger partial charge on any atom is 0.220 e. The average molecular weight is 341 g/mol. The minimum atomic E-state index is 0.0194. The van der Waals surface area contributed by atoms with Gasteiger partial charge in [-0.2, -0.15) is 0 Å². The van der Waals surface area contributed by atoms with Gasteiger partial charge < -0.3 is 19.5 Å². The van der Waals surface area contributed by atoms with Crippen LogP contribution >= 0.6 is 0 Å². The molecule has 1 aliphatic heterocycles. The van der Waals surface area contributed by atoms with Crippen molar-refractivity contribution in [1.29, 1.82) is 0 Å². The summed E-state index contributed by atoms with van der Waals surface area (Å²) in [5.74, 6) is 2.37. The van der Waals surface area contributed by atoms with Crippen molar-refractivity contribution in [1.82, 2.24) is 5.32 Å². The number of rotatable bonds is 7. The molecule has 2 aromatic rings. The van der Waals surface area contributed by atoms with Gasteiger partial charge in [-0.25, -0.2) is 0 Å². The lowest BCUT2D eigenvalue weighted by molar-refractivity contribution is -0.121. The Morgan fingerprint density at radius 1 is 1.12 bits per heavy atom. The highest BCUT2D eigenvalue weighted by atomic mass is 16.6. The monoisotopic (exact) mass is 341 g/mol. The van der Waals surface area contributed by atoms with Gasteiger partial charge in [0.15, 0.2) is 11.5 Å². The van der Waals surface area contributed by atoms with Crippen molar-refractivity contribution in [3.63, 3.8) is 0 Å². The van der Waals surface area contributed by atoms with Crippen LogP contribution in [0.3, 0.4) is 0 Å². The minimum Gasteiger partial charge on any atom is -0.494 e. The van der Waals surface area contributed by atoms with Gasteiger partial charge >= 0.3 is 0 Å². The molecule has 25 heavy (non-hydrogen) atoms. The fourth-order valence-corrected chi connectivity index (χ4v) is 2.64. The molecule has 0 aliphatic carbocycles. The third-order valence-electron chi connectivity index (χ3n) is 4.04. The molecule has 5 heteroatoms. The van der Waals surface area contributed by atoms with Gasteiger partial charge in [0.1, 0.15) is 19.0 Å². The molecule has 0 unspecified atom stereocenters. The van der Waals surface area contributed by atoms with E-state index in [2.05, 4.69) is 5.32 Å². The standard InChI is InChI=1S/C20H23NO4/c1-15-12-18-19(25-11-10-24-18)13-16(15)14-21-20(22)8-5-9-23-17-6-3-2-4-7-17/h2-4,6-7,12-13H,5,8-11,14H2,1H3,(H,21,22). The molecule has 3 rings (SSSR count). The zero-order valence-electron chi connectivity index (χ0n) is 14.4. The highest BCUT2D eigenvalue weighted by molar-refractivity contribution is 5.75. The van der Waals surface area contributed by atoms with Gasteiger partial charge in [-0.05, 0) is 48.7 Å². The van der Waals surface area contributed by atoms with E-state index in [0.29, 0.717) is 39.2 Å². The van der Waals surface area contributed by atoms with Crippen molar-refractivity contribution in [3.8, 4) is 17.2 Å². The molecular formula is C20H23NO4. The lowest BCUT2D eigenvalue weighted by Gasteiger charge is -2.20. The SMILES string of the molecule is Cc1cc2c(cc1CNC(=O)CCCOc1ccccc1)OCCO2. The number of hydrogen-bond acceptors (Lipinski definition) is 4. The number of ether oxygens (including phenoxy) is 3. The third kappa shape index (κ3) is 4.89. The first kappa shape index (κ1) is 17.1. The van der Waals surface area contributed by atoms with Crippen molar-refractivity contribution < 1.29 is 19.0 Å². The van der Waals surface area contributed by atoms with Crippen LogP contribution in [0.2, 0.25) is 0 Å². The Kier molecular flexibility index (Phi) is 5.77. The molecule has 0 radical (unpaired) electrons. The maximum atomic E-state index is 12.0. The molecule has 0 aromatic heterocycles. The largest absolute Gasteiger partial charge is 0.494 e. The van der Waals surface area contributed by atoms with E-state index in [-0.39, 0.29) is 5.91 Å². The normalized spacial score (nSPS) is 12.5. The molecule has 0 saturated heterocycles. The van der Waals surface area contributed by atoms with Crippen molar-refractivity contribution in [3.05, 3.63) is 53.6 Å². The summed E-state index contributed by atoms with van der Waals surface area (Å²) >= 11 is 0. The van der Waals surface area contributed by atoms with Gasteiger partial charge in [-0.3, -0.25) is 4.79 Å². The van der Waals surface area contributed by atoms with Gasteiger partial charge in [0.25, 0.3) is 0 Å². The third-order valence-corrected chi connectivity index (χ3v) is 4.04. The number of hydrogen-bond donors (Lipinski definition) is 1. The average Bonchev–Trinajstić information content (AvgIpc) is 2.64. The second-order valence-electron chi connectivity index (χ2n) is 5.96. The molecule has 0 atom stereocenters. The van der Waals surface area contributed by atoms with Crippen LogP contribution in [0.25, 0.3) is 0 Å². The predicted molar refractivity (Wildman–Crippen MR) is 95.2 cm³/mol. The summed E-state index contributed by atoms with van der Waals surface area (Å²) in [5.41, 5.74) is 2.12. The van der Waals surface area contributed by atoms with Crippen molar-refractivity contribution in [2.45, 2.75) is 26.3 Å². The van der Waals surface area contributed by atoms with E-state index in [1.807, 2.05) is 49.4 Å². The lowest BCUT2D eigenvalue weighted by Crippen LogP contribution is -2.24. The molecule has 0 bridgehead atoms. The lowest BCUT2D eigenvalue weighted by atomic mass is 10.1. The molecule has 0 fully saturated rings. The summed E-state index contributed by atoms with van der Waals surface area (Å²) < 4.78 is 16.7. The molecule has 1 amide bonds. The number of amides is 1. The zero-order valence-corrected chi connectivity index (χ0v) is 14.4. The summed E-state index contributed by atoms with van der Waals surface area (Å²) in [6.07, 6.45) is 1.12. The van der Waals surface area contributed by atoms with Crippen LogP contribution in [0.15, 0.2) is 42.5 Å². The number of benzene rings is 2.